The molecular formula is C20H23BrN6O3. The van der Waals surface area contributed by atoms with Crippen molar-refractivity contribution in [3.05, 3.63) is 55.1 Å². The average Bonchev–Trinajstić information content (AvgIpc) is 3.11. The van der Waals surface area contributed by atoms with Crippen LogP contribution >= 0.6 is 15.9 Å². The Morgan fingerprint density at radius 1 is 1.13 bits per heavy atom. The molecule has 10 heteroatoms. The molecule has 0 spiro atoms. The molecule has 158 valence electrons. The zero-order chi connectivity index (χ0) is 21.6. The molecule has 0 aliphatic carbocycles. The normalized spacial score (nSPS) is 15.1. The Morgan fingerprint density at radius 3 is 2.37 bits per heavy atom. The van der Waals surface area contributed by atoms with E-state index in [4.69, 9.17) is 10.7 Å². The zero-order valence-electron chi connectivity index (χ0n) is 16.8. The first kappa shape index (κ1) is 20.4. The highest BCUT2D eigenvalue weighted by Crippen LogP contribution is 2.26. The van der Waals surface area contributed by atoms with Crippen molar-refractivity contribution in [2.24, 2.45) is 25.7 Å². The summed E-state index contributed by atoms with van der Waals surface area (Å²) in [6.45, 7) is 1.64. The monoisotopic (exact) mass is 474 g/mol. The van der Waals surface area contributed by atoms with Gasteiger partial charge in [0.1, 0.15) is 0 Å². The molecule has 30 heavy (non-hydrogen) atoms. The van der Waals surface area contributed by atoms with E-state index in [0.29, 0.717) is 49.6 Å². The highest BCUT2D eigenvalue weighted by molar-refractivity contribution is 9.10. The van der Waals surface area contributed by atoms with Gasteiger partial charge in [-0.25, -0.2) is 4.79 Å². The molecule has 0 bridgehead atoms. The van der Waals surface area contributed by atoms with Gasteiger partial charge in [0.2, 0.25) is 11.9 Å². The van der Waals surface area contributed by atoms with Crippen molar-refractivity contribution in [3.63, 3.8) is 0 Å². The predicted molar refractivity (Wildman–Crippen MR) is 118 cm³/mol. The third-order valence-corrected chi connectivity index (χ3v) is 6.29. The molecule has 3 aromatic rings. The molecule has 1 amide bonds. The molecule has 1 saturated heterocycles. The van der Waals surface area contributed by atoms with E-state index in [1.165, 1.54) is 11.6 Å². The lowest BCUT2D eigenvalue weighted by molar-refractivity contribution is -0.122. The summed E-state index contributed by atoms with van der Waals surface area (Å²) in [6, 6.07) is 7.84. The zero-order valence-corrected chi connectivity index (χ0v) is 18.4. The van der Waals surface area contributed by atoms with Crippen molar-refractivity contribution in [1.29, 1.82) is 0 Å². The molecule has 0 saturated carbocycles. The number of piperidine rings is 1. The van der Waals surface area contributed by atoms with E-state index in [0.717, 1.165) is 14.6 Å². The van der Waals surface area contributed by atoms with Gasteiger partial charge in [-0.1, -0.05) is 28.1 Å². The lowest BCUT2D eigenvalue weighted by Gasteiger charge is -2.31. The predicted octanol–water partition coefficient (Wildman–Crippen LogP) is 0.946. The number of nitrogens with two attached hydrogens (primary N) is 1. The number of rotatable bonds is 4. The van der Waals surface area contributed by atoms with Crippen molar-refractivity contribution in [2.75, 3.05) is 18.0 Å². The second kappa shape index (κ2) is 7.75. The molecule has 9 nitrogen and oxygen atoms in total. The van der Waals surface area contributed by atoms with Gasteiger partial charge in [-0.2, -0.15) is 4.98 Å². The molecule has 2 N–H and O–H groups in total. The average molecular weight is 475 g/mol. The minimum atomic E-state index is -0.417. The van der Waals surface area contributed by atoms with Crippen molar-refractivity contribution in [3.8, 4) is 0 Å². The maximum atomic E-state index is 13.0. The van der Waals surface area contributed by atoms with Crippen LogP contribution in [-0.2, 0) is 25.4 Å². The number of amides is 1. The Morgan fingerprint density at radius 2 is 1.77 bits per heavy atom. The molecule has 1 aliphatic heterocycles. The molecule has 0 unspecified atom stereocenters. The van der Waals surface area contributed by atoms with E-state index >= 15 is 0 Å². The van der Waals surface area contributed by atoms with Crippen LogP contribution in [0.3, 0.4) is 0 Å². The van der Waals surface area contributed by atoms with Crippen molar-refractivity contribution < 1.29 is 4.79 Å². The molecule has 0 atom stereocenters. The molecule has 3 heterocycles. The Bertz CT molecular complexity index is 1230. The van der Waals surface area contributed by atoms with E-state index in [-0.39, 0.29) is 17.4 Å². The first-order valence-electron chi connectivity index (χ1n) is 9.73. The highest BCUT2D eigenvalue weighted by Gasteiger charge is 2.28. The fraction of sp³-hybridized carbons (Fsp3) is 0.400. The van der Waals surface area contributed by atoms with E-state index in [1.807, 2.05) is 28.8 Å². The number of anilines is 1. The lowest BCUT2D eigenvalue weighted by atomic mass is 9.96. The Balaban J connectivity index is 1.86. The van der Waals surface area contributed by atoms with Crippen LogP contribution < -0.4 is 21.9 Å². The van der Waals surface area contributed by atoms with E-state index in [2.05, 4.69) is 20.8 Å². The molecule has 0 radical (unpaired) electrons. The van der Waals surface area contributed by atoms with Crippen LogP contribution in [0, 0.1) is 5.92 Å². The summed E-state index contributed by atoms with van der Waals surface area (Å²) in [6.07, 6.45) is 1.27. The maximum absolute atomic E-state index is 13.0. The first-order valence-corrected chi connectivity index (χ1v) is 10.5. The number of aryl methyl sites for hydroxylation is 1. The quantitative estimate of drug-likeness (QED) is 0.605. The van der Waals surface area contributed by atoms with Gasteiger partial charge < -0.3 is 10.6 Å². The van der Waals surface area contributed by atoms with Crippen LogP contribution in [0.25, 0.3) is 11.2 Å². The van der Waals surface area contributed by atoms with Gasteiger partial charge in [-0.3, -0.25) is 23.3 Å². The van der Waals surface area contributed by atoms with E-state index in [1.54, 1.807) is 7.05 Å². The summed E-state index contributed by atoms with van der Waals surface area (Å²) in [5.74, 6) is 0.186. The van der Waals surface area contributed by atoms with Crippen LogP contribution in [0.5, 0.6) is 0 Å². The lowest BCUT2D eigenvalue weighted by Crippen LogP contribution is -2.40. The largest absolute Gasteiger partial charge is 0.369 e. The fourth-order valence-electron chi connectivity index (χ4n) is 3.96. The van der Waals surface area contributed by atoms with Gasteiger partial charge in [0.25, 0.3) is 5.56 Å². The Hall–Kier alpha value is -2.88. The third-order valence-electron chi connectivity index (χ3n) is 5.76. The number of aromatic nitrogens is 4. The standard InChI is InChI=1S/C20H23BrN6O3/c1-24-17-15(18(29)25(2)20(24)30)27(11-12-3-5-14(21)6-4-12)19(23-17)26-9-7-13(8-10-26)16(22)28/h3-6,13H,7-11H2,1-2H3,(H2,22,28). The molecule has 1 fully saturated rings. The van der Waals surface area contributed by atoms with Gasteiger partial charge in [0.05, 0.1) is 6.54 Å². The summed E-state index contributed by atoms with van der Waals surface area (Å²) in [4.78, 5) is 43.7. The van der Waals surface area contributed by atoms with Gasteiger partial charge in [0, 0.05) is 37.6 Å². The number of nitrogens with zero attached hydrogens (tertiary/aromatic N) is 5. The number of carbonyl (C=O) groups excluding carboxylic acids is 1. The summed E-state index contributed by atoms with van der Waals surface area (Å²) >= 11 is 3.44. The second-order valence-corrected chi connectivity index (χ2v) is 8.58. The van der Waals surface area contributed by atoms with Crippen LogP contribution in [0.4, 0.5) is 5.95 Å². The van der Waals surface area contributed by atoms with E-state index in [9.17, 15) is 14.4 Å². The smallest absolute Gasteiger partial charge is 0.332 e. The van der Waals surface area contributed by atoms with Crippen LogP contribution in [0.2, 0.25) is 0 Å². The van der Waals surface area contributed by atoms with Crippen molar-refractivity contribution in [2.45, 2.75) is 19.4 Å². The van der Waals surface area contributed by atoms with Crippen LogP contribution in [0.1, 0.15) is 18.4 Å². The number of imidazole rings is 1. The fourth-order valence-corrected chi connectivity index (χ4v) is 4.23. The van der Waals surface area contributed by atoms with Gasteiger partial charge in [-0.15, -0.1) is 0 Å². The topological polar surface area (TPSA) is 108 Å². The number of fused-ring (bicyclic) bond motifs is 1. The first-order chi connectivity index (χ1) is 14.3. The SMILES string of the molecule is Cn1c(=O)c2c(nc(N3CCC(C(N)=O)CC3)n2Cc2ccc(Br)cc2)n(C)c1=O. The molecular weight excluding hydrogens is 452 g/mol. The molecule has 1 aliphatic rings. The molecule has 4 rings (SSSR count). The van der Waals surface area contributed by atoms with Gasteiger partial charge >= 0.3 is 5.69 Å². The van der Waals surface area contributed by atoms with Crippen LogP contribution in [0.15, 0.2) is 38.3 Å². The Kier molecular flexibility index (Phi) is 5.27. The minimum absolute atomic E-state index is 0.150. The number of benzene rings is 1. The summed E-state index contributed by atoms with van der Waals surface area (Å²) in [5.41, 5.74) is 6.41. The van der Waals surface area contributed by atoms with Gasteiger partial charge in [0.15, 0.2) is 11.2 Å². The number of carbonyl (C=O) groups is 1. The summed E-state index contributed by atoms with van der Waals surface area (Å²) in [5, 5.41) is 0. The van der Waals surface area contributed by atoms with Gasteiger partial charge in [-0.05, 0) is 30.5 Å². The number of hydrogen-bond acceptors (Lipinski definition) is 5. The molecule has 1 aromatic carbocycles. The van der Waals surface area contributed by atoms with E-state index < -0.39 is 5.69 Å². The summed E-state index contributed by atoms with van der Waals surface area (Å²) in [7, 11) is 3.09. The van der Waals surface area contributed by atoms with Crippen molar-refractivity contribution >= 4 is 38.9 Å². The van der Waals surface area contributed by atoms with Crippen LogP contribution in [-0.4, -0.2) is 37.7 Å². The maximum Gasteiger partial charge on any atom is 0.332 e. The highest BCUT2D eigenvalue weighted by atomic mass is 79.9. The third kappa shape index (κ3) is 3.45. The number of primary amides is 1. The second-order valence-electron chi connectivity index (χ2n) is 7.67. The number of halogens is 1. The minimum Gasteiger partial charge on any atom is -0.369 e. The number of hydrogen-bond donors (Lipinski definition) is 1. The van der Waals surface area contributed by atoms with Crippen molar-refractivity contribution in [1.82, 2.24) is 18.7 Å². The molecule has 2 aromatic heterocycles. The Labute approximate surface area is 180 Å². The summed E-state index contributed by atoms with van der Waals surface area (Å²) < 4.78 is 5.33.